The van der Waals surface area contributed by atoms with Gasteiger partial charge in [-0.2, -0.15) is 0 Å². The van der Waals surface area contributed by atoms with E-state index in [0.717, 1.165) is 0 Å². The number of rotatable bonds is 1. The smallest absolute Gasteiger partial charge is 0.172 e. The maximum Gasteiger partial charge on any atom is 0.172 e. The zero-order chi connectivity index (χ0) is 15.4. The van der Waals surface area contributed by atoms with Gasteiger partial charge in [0.25, 0.3) is 0 Å². The first-order valence-electron chi connectivity index (χ1n) is 6.83. The van der Waals surface area contributed by atoms with Crippen molar-refractivity contribution in [3.8, 4) is 11.5 Å². The zero-order valence-corrected chi connectivity index (χ0v) is 11.9. The van der Waals surface area contributed by atoms with Crippen LogP contribution in [0.4, 0.5) is 0 Å². The van der Waals surface area contributed by atoms with E-state index in [0.29, 0.717) is 11.3 Å². The van der Waals surface area contributed by atoms with Gasteiger partial charge >= 0.3 is 0 Å². The van der Waals surface area contributed by atoms with Crippen LogP contribution in [0.2, 0.25) is 0 Å². The number of carbonyl (C=O) groups is 1. The first-order valence-corrected chi connectivity index (χ1v) is 6.83. The maximum absolute atomic E-state index is 12.6. The fraction of sp³-hybridized carbons (Fsp3) is 0.533. The van der Waals surface area contributed by atoms with Crippen LogP contribution in [-0.4, -0.2) is 40.6 Å². The minimum atomic E-state index is -1.36. The summed E-state index contributed by atoms with van der Waals surface area (Å²) in [5.41, 5.74) is 0.463. The van der Waals surface area contributed by atoms with Gasteiger partial charge in [0.15, 0.2) is 11.6 Å². The number of fused-ring (bicyclic) bond motifs is 2. The van der Waals surface area contributed by atoms with Crippen molar-refractivity contribution in [1.82, 2.24) is 0 Å². The number of ketones is 1. The number of carbonyl (C=O) groups excluding carboxylic acids is 1. The molecule has 3 rings (SSSR count). The minimum Gasteiger partial charge on any atom is -0.507 e. The lowest BCUT2D eigenvalue weighted by molar-refractivity contribution is -0.242. The van der Waals surface area contributed by atoms with Crippen LogP contribution in [0.3, 0.4) is 0 Å². The van der Waals surface area contributed by atoms with Crippen LogP contribution in [0.1, 0.15) is 35.4 Å². The molecule has 1 aliphatic heterocycles. The summed E-state index contributed by atoms with van der Waals surface area (Å²) in [6.07, 6.45) is -0.804. The van der Waals surface area contributed by atoms with Crippen molar-refractivity contribution < 1.29 is 29.6 Å². The number of aliphatic hydroxyl groups excluding tert-OH is 1. The van der Waals surface area contributed by atoms with E-state index in [2.05, 4.69) is 0 Å². The molecule has 1 fully saturated rings. The second-order valence-corrected chi connectivity index (χ2v) is 5.88. The second-order valence-electron chi connectivity index (χ2n) is 5.88. The molecule has 114 valence electrons. The van der Waals surface area contributed by atoms with Crippen LogP contribution >= 0.6 is 0 Å². The third-order valence-corrected chi connectivity index (χ3v) is 4.37. The molecule has 2 aliphatic rings. The lowest BCUT2D eigenvalue weighted by Crippen LogP contribution is -2.48. The van der Waals surface area contributed by atoms with E-state index in [9.17, 15) is 20.1 Å². The van der Waals surface area contributed by atoms with E-state index >= 15 is 0 Å². The van der Waals surface area contributed by atoms with Gasteiger partial charge in [-0.1, -0.05) is 0 Å². The number of Topliss-reactive ketones (excluding diaryl/α,β-unsaturated/α-hetero) is 1. The van der Waals surface area contributed by atoms with Crippen molar-refractivity contribution >= 4 is 5.78 Å². The molecule has 0 spiro atoms. The molecule has 0 amide bonds. The molecule has 1 aromatic carbocycles. The molecule has 1 aliphatic carbocycles. The quantitative estimate of drug-likeness (QED) is 0.715. The zero-order valence-electron chi connectivity index (χ0n) is 11.9. The standard InChI is InChI=1S/C15H18O6/c1-15(19)5-9-10(6-21-15)14(18)12-8(13(9)17)3-7(20-2)4-11(12)16/h3-4,9-10,13,16-17,19H,5-6H2,1-2H3/t9-,10-,13+,15+/m0/s1. The number of aromatic hydroxyl groups is 1. The Balaban J connectivity index is 2.10. The van der Waals surface area contributed by atoms with Crippen molar-refractivity contribution in [3.05, 3.63) is 23.3 Å². The fourth-order valence-corrected chi connectivity index (χ4v) is 3.29. The van der Waals surface area contributed by atoms with Crippen molar-refractivity contribution in [2.45, 2.75) is 25.2 Å². The SMILES string of the molecule is COc1cc(O)c2c(c1)[C@@H](O)[C@H]1C[C@](C)(O)OC[C@@H]1C2=O. The second kappa shape index (κ2) is 4.69. The van der Waals surface area contributed by atoms with Crippen molar-refractivity contribution in [2.24, 2.45) is 11.8 Å². The molecule has 0 bridgehead atoms. The lowest BCUT2D eigenvalue weighted by atomic mass is 9.69. The molecular weight excluding hydrogens is 276 g/mol. The van der Waals surface area contributed by atoms with E-state index < -0.39 is 23.7 Å². The Kier molecular flexibility index (Phi) is 3.20. The lowest BCUT2D eigenvalue weighted by Gasteiger charge is -2.44. The molecule has 1 saturated heterocycles. The van der Waals surface area contributed by atoms with Crippen LogP contribution in [0.5, 0.6) is 11.5 Å². The number of ether oxygens (including phenoxy) is 2. The predicted octanol–water partition coefficient (Wildman–Crippen LogP) is 0.992. The van der Waals surface area contributed by atoms with E-state index in [1.54, 1.807) is 6.07 Å². The maximum atomic E-state index is 12.6. The Morgan fingerprint density at radius 2 is 2.14 bits per heavy atom. The molecule has 21 heavy (non-hydrogen) atoms. The summed E-state index contributed by atoms with van der Waals surface area (Å²) < 4.78 is 10.3. The Morgan fingerprint density at radius 3 is 2.81 bits per heavy atom. The highest BCUT2D eigenvalue weighted by molar-refractivity contribution is 6.03. The third-order valence-electron chi connectivity index (χ3n) is 4.37. The summed E-state index contributed by atoms with van der Waals surface area (Å²) in [6.45, 7) is 1.54. The first-order chi connectivity index (χ1) is 9.84. The topological polar surface area (TPSA) is 96.2 Å². The van der Waals surface area contributed by atoms with Crippen molar-refractivity contribution in [2.75, 3.05) is 13.7 Å². The Bertz CT molecular complexity index is 594. The average Bonchev–Trinajstić information content (AvgIpc) is 2.42. The number of hydrogen-bond donors (Lipinski definition) is 3. The summed E-state index contributed by atoms with van der Waals surface area (Å²) in [6, 6.07) is 2.90. The first kappa shape index (κ1) is 14.3. The van der Waals surface area contributed by atoms with Crippen LogP contribution in [-0.2, 0) is 4.74 Å². The summed E-state index contributed by atoms with van der Waals surface area (Å²) in [4.78, 5) is 12.6. The molecular formula is C15H18O6. The highest BCUT2D eigenvalue weighted by atomic mass is 16.6. The van der Waals surface area contributed by atoms with Gasteiger partial charge < -0.3 is 24.8 Å². The fourth-order valence-electron chi connectivity index (χ4n) is 3.29. The molecule has 0 saturated carbocycles. The van der Waals surface area contributed by atoms with E-state index in [1.165, 1.54) is 20.1 Å². The van der Waals surface area contributed by atoms with Gasteiger partial charge in [0.1, 0.15) is 11.5 Å². The van der Waals surface area contributed by atoms with Gasteiger partial charge in [0.2, 0.25) is 0 Å². The average molecular weight is 294 g/mol. The minimum absolute atomic E-state index is 0.0263. The number of benzene rings is 1. The van der Waals surface area contributed by atoms with Crippen LogP contribution in [0.25, 0.3) is 0 Å². The number of hydrogen-bond acceptors (Lipinski definition) is 6. The summed E-state index contributed by atoms with van der Waals surface area (Å²) in [5, 5.41) is 30.6. The number of aliphatic hydroxyl groups is 2. The van der Waals surface area contributed by atoms with Crippen molar-refractivity contribution in [1.29, 1.82) is 0 Å². The molecule has 0 unspecified atom stereocenters. The monoisotopic (exact) mass is 294 g/mol. The van der Waals surface area contributed by atoms with E-state index in [-0.39, 0.29) is 30.1 Å². The third kappa shape index (κ3) is 2.19. The Labute approximate surface area is 121 Å². The van der Waals surface area contributed by atoms with Gasteiger partial charge in [-0.05, 0) is 18.6 Å². The normalized spacial score (nSPS) is 35.0. The largest absolute Gasteiger partial charge is 0.507 e. The van der Waals surface area contributed by atoms with E-state index in [1.807, 2.05) is 0 Å². The van der Waals surface area contributed by atoms with Crippen molar-refractivity contribution in [3.63, 3.8) is 0 Å². The van der Waals surface area contributed by atoms with Gasteiger partial charge in [-0.15, -0.1) is 0 Å². The molecule has 6 nitrogen and oxygen atoms in total. The summed E-state index contributed by atoms with van der Waals surface area (Å²) in [5.74, 6) is -2.47. The number of phenols is 1. The molecule has 0 radical (unpaired) electrons. The molecule has 6 heteroatoms. The number of phenolic OH excluding ortho intramolecular Hbond substituents is 1. The van der Waals surface area contributed by atoms with Gasteiger partial charge in [0, 0.05) is 18.4 Å². The highest BCUT2D eigenvalue weighted by Crippen LogP contribution is 2.48. The molecule has 1 aromatic rings. The molecule has 3 N–H and O–H groups in total. The summed E-state index contributed by atoms with van der Waals surface area (Å²) in [7, 11) is 1.44. The number of methoxy groups -OCH3 is 1. The van der Waals surface area contributed by atoms with Gasteiger partial charge in [0.05, 0.1) is 31.3 Å². The summed E-state index contributed by atoms with van der Waals surface area (Å²) >= 11 is 0. The van der Waals surface area contributed by atoms with E-state index in [4.69, 9.17) is 9.47 Å². The predicted molar refractivity (Wildman–Crippen MR) is 72.1 cm³/mol. The molecule has 0 aromatic heterocycles. The van der Waals surface area contributed by atoms with Gasteiger partial charge in [-0.3, -0.25) is 4.79 Å². The molecule has 4 atom stereocenters. The Morgan fingerprint density at radius 1 is 1.43 bits per heavy atom. The highest BCUT2D eigenvalue weighted by Gasteiger charge is 2.49. The Hall–Kier alpha value is -1.63. The van der Waals surface area contributed by atoms with Crippen LogP contribution < -0.4 is 4.74 Å². The van der Waals surface area contributed by atoms with Gasteiger partial charge in [-0.25, -0.2) is 0 Å². The van der Waals surface area contributed by atoms with Crippen LogP contribution in [0.15, 0.2) is 12.1 Å². The molecule has 1 heterocycles. The van der Waals surface area contributed by atoms with Crippen LogP contribution in [0, 0.1) is 11.8 Å².